The van der Waals surface area contributed by atoms with Crippen molar-refractivity contribution in [1.82, 2.24) is 20.0 Å². The summed E-state index contributed by atoms with van der Waals surface area (Å²) in [6, 6.07) is 15.2. The van der Waals surface area contributed by atoms with E-state index in [9.17, 15) is 18.0 Å². The molecule has 2 aromatic carbocycles. The summed E-state index contributed by atoms with van der Waals surface area (Å²) in [6.07, 6.45) is -3.25. The van der Waals surface area contributed by atoms with Crippen LogP contribution in [-0.2, 0) is 12.7 Å². The number of anilines is 1. The van der Waals surface area contributed by atoms with Crippen molar-refractivity contribution in [2.75, 3.05) is 38.1 Å². The van der Waals surface area contributed by atoms with Gasteiger partial charge >= 0.3 is 6.18 Å². The second kappa shape index (κ2) is 9.04. The van der Waals surface area contributed by atoms with Crippen molar-refractivity contribution in [3.05, 3.63) is 77.6 Å². The number of nitrogens with zero attached hydrogens (tertiary/aromatic N) is 4. The van der Waals surface area contributed by atoms with Gasteiger partial charge in [-0.1, -0.05) is 18.2 Å². The van der Waals surface area contributed by atoms with E-state index in [0.717, 1.165) is 48.2 Å². The molecule has 0 atom stereocenters. The number of nitrogens with one attached hydrogen (secondary N) is 1. The summed E-state index contributed by atoms with van der Waals surface area (Å²) in [7, 11) is 2.11. The van der Waals surface area contributed by atoms with Crippen molar-refractivity contribution < 1.29 is 18.0 Å². The number of piperazine rings is 1. The third-order valence-electron chi connectivity index (χ3n) is 5.55. The van der Waals surface area contributed by atoms with Gasteiger partial charge in [0, 0.05) is 50.2 Å². The minimum Gasteiger partial charge on any atom is -0.369 e. The summed E-state index contributed by atoms with van der Waals surface area (Å²) in [5.74, 6) is -0.249. The molecule has 1 aliphatic heterocycles. The van der Waals surface area contributed by atoms with Crippen molar-refractivity contribution in [2.45, 2.75) is 12.7 Å². The topological polar surface area (TPSA) is 53.4 Å². The molecule has 1 fully saturated rings. The monoisotopic (exact) mass is 443 g/mol. The van der Waals surface area contributed by atoms with Crippen molar-refractivity contribution in [2.24, 2.45) is 0 Å². The number of likely N-dealkylation sites (N-methyl/N-ethyl adjacent to an activating group) is 1. The van der Waals surface area contributed by atoms with Gasteiger partial charge in [-0.05, 0) is 49.0 Å². The number of para-hydroxylation sites is 1. The van der Waals surface area contributed by atoms with E-state index in [1.807, 2.05) is 18.2 Å². The Morgan fingerprint density at radius 2 is 1.69 bits per heavy atom. The Morgan fingerprint density at radius 3 is 2.34 bits per heavy atom. The largest absolute Gasteiger partial charge is 0.435 e. The molecular formula is C23H24F3N5O. The third kappa shape index (κ3) is 4.94. The Kier molecular flexibility index (Phi) is 6.18. The lowest BCUT2D eigenvalue weighted by atomic mass is 10.1. The Balaban J connectivity index is 1.40. The predicted molar refractivity (Wildman–Crippen MR) is 116 cm³/mol. The number of amides is 1. The molecule has 3 aromatic rings. The molecule has 1 aliphatic rings. The average molecular weight is 443 g/mol. The van der Waals surface area contributed by atoms with Gasteiger partial charge in [0.1, 0.15) is 0 Å². The maximum absolute atomic E-state index is 12.7. The first-order chi connectivity index (χ1) is 15.3. The Labute approximate surface area is 184 Å². The van der Waals surface area contributed by atoms with Gasteiger partial charge in [-0.3, -0.25) is 4.79 Å². The standard InChI is InChI=1S/C23H24F3N5O/c1-29-12-14-30(15-13-29)20-5-3-2-4-18(20)16-27-22(32)17-6-8-19(9-7-17)31-11-10-21(28-31)23(24,25)26/h2-11H,12-16H2,1H3,(H,27,32). The highest BCUT2D eigenvalue weighted by Gasteiger charge is 2.33. The number of hydrogen-bond acceptors (Lipinski definition) is 4. The van der Waals surface area contributed by atoms with Crippen molar-refractivity contribution in [3.8, 4) is 5.69 Å². The Hall–Kier alpha value is -3.33. The minimum absolute atomic E-state index is 0.249. The normalized spacial score (nSPS) is 15.1. The molecule has 6 nitrogen and oxygen atoms in total. The molecule has 168 valence electrons. The van der Waals surface area contributed by atoms with Crippen molar-refractivity contribution in [1.29, 1.82) is 0 Å². The number of aromatic nitrogens is 2. The van der Waals surface area contributed by atoms with E-state index in [1.54, 1.807) is 24.3 Å². The third-order valence-corrected chi connectivity index (χ3v) is 5.55. The fourth-order valence-electron chi connectivity index (χ4n) is 3.68. The molecule has 0 bridgehead atoms. The maximum Gasteiger partial charge on any atom is 0.435 e. The lowest BCUT2D eigenvalue weighted by Gasteiger charge is -2.35. The lowest BCUT2D eigenvalue weighted by molar-refractivity contribution is -0.141. The molecule has 9 heteroatoms. The van der Waals surface area contributed by atoms with Gasteiger partial charge in [-0.25, -0.2) is 4.68 Å². The highest BCUT2D eigenvalue weighted by atomic mass is 19.4. The SMILES string of the molecule is CN1CCN(c2ccccc2CNC(=O)c2ccc(-n3ccc(C(F)(F)F)n3)cc2)CC1. The van der Waals surface area contributed by atoms with E-state index >= 15 is 0 Å². The van der Waals surface area contributed by atoms with E-state index in [0.29, 0.717) is 17.8 Å². The van der Waals surface area contributed by atoms with Gasteiger partial charge in [0.05, 0.1) is 5.69 Å². The van der Waals surface area contributed by atoms with E-state index in [4.69, 9.17) is 0 Å². The zero-order chi connectivity index (χ0) is 22.7. The van der Waals surface area contributed by atoms with E-state index < -0.39 is 11.9 Å². The molecule has 2 heterocycles. The molecule has 0 unspecified atom stereocenters. The fourth-order valence-corrected chi connectivity index (χ4v) is 3.68. The van der Waals surface area contributed by atoms with Crippen LogP contribution in [0.3, 0.4) is 0 Å². The molecule has 0 spiro atoms. The molecule has 1 N–H and O–H groups in total. The van der Waals surface area contributed by atoms with Gasteiger partial charge in [0.15, 0.2) is 5.69 Å². The fraction of sp³-hybridized carbons (Fsp3) is 0.304. The first kappa shape index (κ1) is 21.9. The average Bonchev–Trinajstić information content (AvgIpc) is 3.29. The highest BCUT2D eigenvalue weighted by Crippen LogP contribution is 2.28. The van der Waals surface area contributed by atoms with Crippen LogP contribution >= 0.6 is 0 Å². The summed E-state index contributed by atoms with van der Waals surface area (Å²) >= 11 is 0. The maximum atomic E-state index is 12.7. The van der Waals surface area contributed by atoms with Gasteiger partial charge in [0.25, 0.3) is 5.91 Å². The van der Waals surface area contributed by atoms with Crippen LogP contribution in [0.5, 0.6) is 0 Å². The quantitative estimate of drug-likeness (QED) is 0.655. The van der Waals surface area contributed by atoms with Crippen LogP contribution in [0.25, 0.3) is 5.69 Å². The van der Waals surface area contributed by atoms with Crippen LogP contribution in [-0.4, -0.2) is 53.8 Å². The number of rotatable bonds is 5. The van der Waals surface area contributed by atoms with Crippen molar-refractivity contribution in [3.63, 3.8) is 0 Å². The predicted octanol–water partition coefficient (Wildman–Crippen LogP) is 3.57. The minimum atomic E-state index is -4.49. The zero-order valence-electron chi connectivity index (χ0n) is 17.6. The second-order valence-corrected chi connectivity index (χ2v) is 7.79. The van der Waals surface area contributed by atoms with Gasteiger partial charge in [0.2, 0.25) is 0 Å². The highest BCUT2D eigenvalue weighted by molar-refractivity contribution is 5.94. The van der Waals surface area contributed by atoms with E-state index in [1.165, 1.54) is 6.20 Å². The van der Waals surface area contributed by atoms with E-state index in [2.05, 4.69) is 33.3 Å². The molecule has 0 radical (unpaired) electrons. The Bertz CT molecular complexity index is 1070. The van der Waals surface area contributed by atoms with Gasteiger partial charge in [-0.2, -0.15) is 18.3 Å². The summed E-state index contributed by atoms with van der Waals surface area (Å²) in [5.41, 5.74) is 2.07. The number of benzene rings is 2. The number of carbonyl (C=O) groups is 1. The van der Waals surface area contributed by atoms with Crippen LogP contribution in [0.2, 0.25) is 0 Å². The molecule has 32 heavy (non-hydrogen) atoms. The first-order valence-corrected chi connectivity index (χ1v) is 10.3. The molecule has 1 amide bonds. The first-order valence-electron chi connectivity index (χ1n) is 10.3. The van der Waals surface area contributed by atoms with Gasteiger partial charge < -0.3 is 15.1 Å². The molecule has 0 aliphatic carbocycles. The van der Waals surface area contributed by atoms with Gasteiger partial charge in [-0.15, -0.1) is 0 Å². The molecule has 4 rings (SSSR count). The van der Waals surface area contributed by atoms with Crippen molar-refractivity contribution >= 4 is 11.6 Å². The molecular weight excluding hydrogens is 419 g/mol. The molecule has 1 aromatic heterocycles. The summed E-state index contributed by atoms with van der Waals surface area (Å²) in [5, 5.41) is 6.48. The Morgan fingerprint density at radius 1 is 1.00 bits per heavy atom. The van der Waals surface area contributed by atoms with Crippen LogP contribution in [0.4, 0.5) is 18.9 Å². The molecule has 0 saturated carbocycles. The van der Waals surface area contributed by atoms with Crippen LogP contribution in [0.15, 0.2) is 60.8 Å². The smallest absolute Gasteiger partial charge is 0.369 e. The second-order valence-electron chi connectivity index (χ2n) is 7.79. The number of hydrogen-bond donors (Lipinski definition) is 1. The van der Waals surface area contributed by atoms with E-state index in [-0.39, 0.29) is 5.91 Å². The van der Waals surface area contributed by atoms with Crippen LogP contribution < -0.4 is 10.2 Å². The summed E-state index contributed by atoms with van der Waals surface area (Å²) in [6.45, 7) is 4.25. The van der Waals surface area contributed by atoms with Crippen LogP contribution in [0.1, 0.15) is 21.6 Å². The lowest BCUT2D eigenvalue weighted by Crippen LogP contribution is -2.45. The number of alkyl halides is 3. The number of halogens is 3. The summed E-state index contributed by atoms with van der Waals surface area (Å²) in [4.78, 5) is 17.2. The summed E-state index contributed by atoms with van der Waals surface area (Å²) < 4.78 is 39.4. The van der Waals surface area contributed by atoms with Crippen LogP contribution in [0, 0.1) is 0 Å². The number of carbonyl (C=O) groups excluding carboxylic acids is 1. The zero-order valence-corrected chi connectivity index (χ0v) is 17.6. The molecule has 1 saturated heterocycles.